The van der Waals surface area contributed by atoms with Crippen molar-refractivity contribution in [3.8, 4) is 0 Å². The summed E-state index contributed by atoms with van der Waals surface area (Å²) in [5, 5.41) is 67.3. The van der Waals surface area contributed by atoms with Gasteiger partial charge in [0.2, 0.25) is 100 Å². The van der Waals surface area contributed by atoms with Crippen LogP contribution >= 0.6 is 0 Å². The van der Waals surface area contributed by atoms with E-state index in [2.05, 4.69) is 69.1 Å². The summed E-state index contributed by atoms with van der Waals surface area (Å²) >= 11 is 0. The summed E-state index contributed by atoms with van der Waals surface area (Å²) in [7, 11) is 0. The molecule has 0 radical (unpaired) electrons. The number of carbonyl (C=O) groups is 20. The number of likely N-dealkylation sites (tertiary alicyclic amines) is 4. The highest BCUT2D eigenvalue weighted by Gasteiger charge is 2.48. The van der Waals surface area contributed by atoms with Gasteiger partial charge in [-0.05, 0) is 129 Å². The highest BCUT2D eigenvalue weighted by Crippen LogP contribution is 2.30. The average molecular weight is 1620 g/mol. The summed E-state index contributed by atoms with van der Waals surface area (Å²) in [5.41, 5.74) is 16.6. The molecule has 4 fully saturated rings. The van der Waals surface area contributed by atoms with E-state index in [1.54, 1.807) is 27.7 Å². The van der Waals surface area contributed by atoms with E-state index in [1.807, 2.05) is 0 Å². The van der Waals surface area contributed by atoms with E-state index in [0.29, 0.717) is 32.1 Å². The highest BCUT2D eigenvalue weighted by atomic mass is 16.4. The fourth-order valence-corrected chi connectivity index (χ4v) is 13.4. The second kappa shape index (κ2) is 46.6. The van der Waals surface area contributed by atoms with Crippen LogP contribution in [-0.2, 0) is 95.9 Å². The monoisotopic (exact) mass is 1620 g/mol. The number of primary amides is 1. The molecule has 44 heteroatoms. The number of guanidine groups is 1. The molecule has 0 aliphatic carbocycles. The van der Waals surface area contributed by atoms with Gasteiger partial charge >= 0.3 is 17.9 Å². The lowest BCUT2D eigenvalue weighted by Gasteiger charge is -2.35. The van der Waals surface area contributed by atoms with Crippen LogP contribution in [0.4, 0.5) is 0 Å². The average Bonchev–Trinajstić information content (AvgIpc) is 1.64. The lowest BCUT2D eigenvalue weighted by atomic mass is 9.99. The van der Waals surface area contributed by atoms with Crippen LogP contribution in [0.1, 0.15) is 164 Å². The summed E-state index contributed by atoms with van der Waals surface area (Å²) in [4.78, 5) is 270. The maximum atomic E-state index is 14.4. The largest absolute Gasteiger partial charge is 0.481 e. The Labute approximate surface area is 657 Å². The highest BCUT2D eigenvalue weighted by molar-refractivity contribution is 6.02. The molecule has 4 heterocycles. The van der Waals surface area contributed by atoms with Crippen molar-refractivity contribution in [1.29, 1.82) is 5.41 Å². The maximum Gasteiger partial charge on any atom is 0.305 e. The van der Waals surface area contributed by atoms with Crippen LogP contribution in [0.3, 0.4) is 0 Å². The predicted octanol–water partition coefficient (Wildman–Crippen LogP) is -7.88. The van der Waals surface area contributed by atoms with Gasteiger partial charge in [0.15, 0.2) is 5.96 Å². The Balaban J connectivity index is 1.35. The van der Waals surface area contributed by atoms with Crippen LogP contribution in [0.25, 0.3) is 0 Å². The third-order valence-corrected chi connectivity index (χ3v) is 19.3. The van der Waals surface area contributed by atoms with Gasteiger partial charge in [-0.3, -0.25) is 101 Å². The number of amides is 17. The number of hydrogen-bond donors (Lipinski definition) is 20. The Hall–Kier alpha value is -11.4. The number of nitrogens with two attached hydrogens (primary N) is 3. The van der Waals surface area contributed by atoms with Gasteiger partial charge in [-0.2, -0.15) is 0 Å². The summed E-state index contributed by atoms with van der Waals surface area (Å²) in [6.07, 6.45) is 0.0357. The molecule has 4 aliphatic rings. The van der Waals surface area contributed by atoms with Crippen molar-refractivity contribution < 1.29 is 111 Å². The van der Waals surface area contributed by atoms with Crippen LogP contribution in [-0.4, -0.2) is 297 Å². The fourth-order valence-electron chi connectivity index (χ4n) is 13.4. The van der Waals surface area contributed by atoms with Crippen molar-refractivity contribution in [1.82, 2.24) is 88.7 Å². The quantitative estimate of drug-likeness (QED) is 0.0153. The zero-order valence-electron chi connectivity index (χ0n) is 65.3. The van der Waals surface area contributed by atoms with Crippen LogP contribution in [0.2, 0.25) is 0 Å². The Bertz CT molecular complexity index is 3540. The topological polar surface area (TPSA) is 673 Å². The van der Waals surface area contributed by atoms with Gasteiger partial charge in [0, 0.05) is 46.1 Å². The zero-order chi connectivity index (χ0) is 85.4. The molecule has 4 aliphatic heterocycles. The third-order valence-electron chi connectivity index (χ3n) is 19.3. The number of hydrogen-bond acceptors (Lipinski definition) is 22. The van der Waals surface area contributed by atoms with Crippen molar-refractivity contribution in [3.05, 3.63) is 0 Å². The predicted molar refractivity (Wildman–Crippen MR) is 399 cm³/mol. The Morgan fingerprint density at radius 2 is 0.851 bits per heavy atom. The minimum absolute atomic E-state index is 0.00550. The van der Waals surface area contributed by atoms with E-state index in [1.165, 1.54) is 26.5 Å². The summed E-state index contributed by atoms with van der Waals surface area (Å²) < 4.78 is 0. The Morgan fingerprint density at radius 3 is 1.35 bits per heavy atom. The maximum absolute atomic E-state index is 14.4. The van der Waals surface area contributed by atoms with Crippen molar-refractivity contribution in [2.24, 2.45) is 29.0 Å². The summed E-state index contributed by atoms with van der Waals surface area (Å²) in [6.45, 7) is 8.94. The standard InChI is InChI=1S/C70H113N21O23/c1-35(2)29-43(62(107)87-56(36(3)4)65(110)84-40(57(72)102)16-10-24-75-70(73)74)83-52(95)33-77-58(103)37(5)79-60(105)44(30-54(98)99)86-61(106)45(31-55(100)101)85-59(104)38(6)80-64(109)47-18-12-25-88(47)66(111)41(15-8-9-23-71)81-51(94)34-78-63(108)46-17-11-26-89(46)68(113)49-20-14-28-91(49)69(114)48-19-13-27-90(48)67(112)42(21-22-53(96)97)82-50(93)32-76-39(7)92/h35-38,40-49,56H,8-34,71H2,1-7H3,(H2,72,102)(H,76,92)(H,77,103)(H,78,108)(H,79,105)(H,80,109)(H,81,94)(H,82,93)(H,83,95)(H,84,110)(H,85,104)(H,86,106)(H,87,107)(H,96,97)(H,98,99)(H,100,101)(H4,73,74,75)/t37-,38-,40-,41-,42-,43-,44-,45-,46-,47-,48-,49-,56-/m0/s1. The smallest absolute Gasteiger partial charge is 0.305 e. The van der Waals surface area contributed by atoms with Crippen molar-refractivity contribution in [2.75, 3.05) is 58.9 Å². The third kappa shape index (κ3) is 30.6. The lowest BCUT2D eigenvalue weighted by molar-refractivity contribution is -0.151. The van der Waals surface area contributed by atoms with Gasteiger partial charge in [-0.15, -0.1) is 0 Å². The molecule has 13 atom stereocenters. The molecule has 114 heavy (non-hydrogen) atoms. The number of nitrogens with one attached hydrogen (secondary N) is 14. The van der Waals surface area contributed by atoms with Crippen molar-refractivity contribution in [3.63, 3.8) is 0 Å². The molecule has 0 aromatic rings. The van der Waals surface area contributed by atoms with Crippen molar-refractivity contribution in [2.45, 2.75) is 243 Å². The molecule has 0 spiro atoms. The molecule has 23 N–H and O–H groups in total. The first-order valence-corrected chi connectivity index (χ1v) is 38.1. The van der Waals surface area contributed by atoms with Crippen LogP contribution in [0.15, 0.2) is 0 Å². The summed E-state index contributed by atoms with van der Waals surface area (Å²) in [5.74, 6) is -20.2. The van der Waals surface area contributed by atoms with Crippen molar-refractivity contribution >= 4 is 124 Å². The molecule has 0 saturated carbocycles. The molecule has 0 unspecified atom stereocenters. The van der Waals surface area contributed by atoms with Crippen LogP contribution in [0, 0.1) is 17.2 Å². The van der Waals surface area contributed by atoms with E-state index in [-0.39, 0.29) is 115 Å². The van der Waals surface area contributed by atoms with Gasteiger partial charge in [-0.25, -0.2) is 0 Å². The first kappa shape index (κ1) is 95.0. The van der Waals surface area contributed by atoms with E-state index < -0.39 is 242 Å². The second-order valence-electron chi connectivity index (χ2n) is 29.3. The molecule has 17 amide bonds. The van der Waals surface area contributed by atoms with Gasteiger partial charge in [0.1, 0.15) is 78.5 Å². The molecular formula is C70H113N21O23. The zero-order valence-corrected chi connectivity index (χ0v) is 65.3. The number of aliphatic carboxylic acids is 3. The van der Waals surface area contributed by atoms with Crippen LogP contribution in [0.5, 0.6) is 0 Å². The molecule has 4 rings (SSSR count). The number of rotatable bonds is 46. The second-order valence-corrected chi connectivity index (χ2v) is 29.3. The molecule has 636 valence electrons. The summed E-state index contributed by atoms with van der Waals surface area (Å²) in [6, 6.07) is -18.0. The van der Waals surface area contributed by atoms with Gasteiger partial charge in [0.05, 0.1) is 32.5 Å². The Kier molecular flexibility index (Phi) is 38.8. The van der Waals surface area contributed by atoms with E-state index >= 15 is 0 Å². The minimum Gasteiger partial charge on any atom is -0.481 e. The minimum atomic E-state index is -2.04. The van der Waals surface area contributed by atoms with E-state index in [9.17, 15) is 111 Å². The van der Waals surface area contributed by atoms with Gasteiger partial charge in [-0.1, -0.05) is 27.7 Å². The van der Waals surface area contributed by atoms with Crippen LogP contribution < -0.4 is 86.3 Å². The number of nitrogens with zero attached hydrogens (tertiary/aromatic N) is 4. The molecule has 4 saturated heterocycles. The first-order valence-electron chi connectivity index (χ1n) is 38.1. The van der Waals surface area contributed by atoms with Gasteiger partial charge in [0.25, 0.3) is 0 Å². The lowest BCUT2D eigenvalue weighted by Crippen LogP contribution is -2.59. The fraction of sp³-hybridized carbons (Fsp3) is 0.700. The first-order chi connectivity index (χ1) is 53.6. The number of carboxylic acids is 3. The van der Waals surface area contributed by atoms with E-state index in [0.717, 1.165) is 13.8 Å². The molecular weight excluding hydrogens is 1500 g/mol. The normalized spacial score (nSPS) is 18.8. The van der Waals surface area contributed by atoms with Gasteiger partial charge < -0.3 is 121 Å². The Morgan fingerprint density at radius 1 is 0.421 bits per heavy atom. The SMILES string of the molecule is CC(=O)NCC(=O)N[C@@H](CCC(=O)O)C(=O)N1CCC[C@H]1C(=O)N1CCC[C@H]1C(=O)N1CCC[C@H]1C(=O)NCC(=O)N[C@@H](CCCCN)C(=O)N1CCC[C@H]1C(=O)N[C@@H](C)C(=O)N[C@@H](CC(=O)O)C(=O)N[C@@H](CC(=O)O)C(=O)N[C@@H](C)C(=O)NCC(=O)N[C@@H](CC(C)C)C(=O)N[C@H](C(=O)N[C@@H](CCCNC(=N)N)C(N)=O)C(C)C. The van der Waals surface area contributed by atoms with E-state index in [4.69, 9.17) is 22.6 Å². The number of unbranched alkanes of at least 4 members (excludes halogenated alkanes) is 1. The number of carbonyl (C=O) groups excluding carboxylic acids is 17. The number of carboxylic acid groups (broad SMARTS) is 3. The molecule has 0 aromatic carbocycles. The molecule has 0 bridgehead atoms. The molecule has 44 nitrogen and oxygen atoms in total. The molecule has 0 aromatic heterocycles.